The van der Waals surface area contributed by atoms with Crippen LogP contribution in [0, 0.1) is 10.1 Å². The Morgan fingerprint density at radius 3 is 2.59 bits per heavy atom. The summed E-state index contributed by atoms with van der Waals surface area (Å²) in [7, 11) is 0. The molecule has 0 heterocycles. The average Bonchev–Trinajstić information content (AvgIpc) is 2.47. The van der Waals surface area contributed by atoms with Crippen molar-refractivity contribution < 1.29 is 9.72 Å². The van der Waals surface area contributed by atoms with Crippen molar-refractivity contribution in [2.24, 2.45) is 0 Å². The maximum atomic E-state index is 12.0. The molecular formula is C14H10ClN3O3S. The Kier molecular flexibility index (Phi) is 5.03. The average molecular weight is 336 g/mol. The molecule has 112 valence electrons. The van der Waals surface area contributed by atoms with E-state index in [1.54, 1.807) is 24.3 Å². The van der Waals surface area contributed by atoms with Crippen molar-refractivity contribution in [3.05, 3.63) is 69.2 Å². The topological polar surface area (TPSA) is 84.3 Å². The van der Waals surface area contributed by atoms with Crippen molar-refractivity contribution in [1.82, 2.24) is 5.32 Å². The van der Waals surface area contributed by atoms with Gasteiger partial charge in [-0.25, -0.2) is 0 Å². The van der Waals surface area contributed by atoms with Crippen molar-refractivity contribution >= 4 is 46.2 Å². The first-order valence-corrected chi connectivity index (χ1v) is 6.87. The first kappa shape index (κ1) is 15.9. The van der Waals surface area contributed by atoms with Gasteiger partial charge in [-0.3, -0.25) is 20.2 Å². The molecule has 0 saturated heterocycles. The fraction of sp³-hybridized carbons (Fsp3) is 0. The third-order valence-electron chi connectivity index (χ3n) is 2.66. The van der Waals surface area contributed by atoms with Crippen LogP contribution in [0.1, 0.15) is 10.4 Å². The van der Waals surface area contributed by atoms with E-state index < -0.39 is 10.8 Å². The molecular weight excluding hydrogens is 326 g/mol. The standard InChI is InChI=1S/C14H10ClN3O3S/c15-10-5-3-4-9(8-10)13(19)17-14(22)16-11-6-1-2-7-12(11)18(20)21/h1-8H,(H2,16,17,19,22). The van der Waals surface area contributed by atoms with Crippen molar-refractivity contribution in [2.75, 3.05) is 5.32 Å². The lowest BCUT2D eigenvalue weighted by atomic mass is 10.2. The molecule has 0 saturated carbocycles. The number of para-hydroxylation sites is 2. The Morgan fingerprint density at radius 2 is 1.91 bits per heavy atom. The second-order valence-corrected chi connectivity index (χ2v) is 5.04. The van der Waals surface area contributed by atoms with E-state index in [4.69, 9.17) is 23.8 Å². The first-order valence-electron chi connectivity index (χ1n) is 6.08. The highest BCUT2D eigenvalue weighted by Gasteiger charge is 2.14. The van der Waals surface area contributed by atoms with E-state index in [9.17, 15) is 14.9 Å². The number of hydrogen-bond acceptors (Lipinski definition) is 4. The van der Waals surface area contributed by atoms with E-state index in [1.165, 1.54) is 24.3 Å². The van der Waals surface area contributed by atoms with Gasteiger partial charge in [-0.05, 0) is 36.5 Å². The molecule has 0 aromatic heterocycles. The summed E-state index contributed by atoms with van der Waals surface area (Å²) in [6, 6.07) is 12.3. The SMILES string of the molecule is O=C(NC(=S)Nc1ccccc1[N+](=O)[O-])c1cccc(Cl)c1. The second-order valence-electron chi connectivity index (χ2n) is 4.19. The smallest absolute Gasteiger partial charge is 0.292 e. The van der Waals surface area contributed by atoms with Gasteiger partial charge in [-0.15, -0.1) is 0 Å². The Bertz CT molecular complexity index is 752. The molecule has 2 N–H and O–H groups in total. The number of carbonyl (C=O) groups is 1. The number of halogens is 1. The number of nitro benzene ring substituents is 1. The molecule has 0 radical (unpaired) electrons. The number of nitrogens with one attached hydrogen (secondary N) is 2. The van der Waals surface area contributed by atoms with Crippen LogP contribution < -0.4 is 10.6 Å². The van der Waals surface area contributed by atoms with Gasteiger partial charge in [0.25, 0.3) is 11.6 Å². The third-order valence-corrected chi connectivity index (χ3v) is 3.10. The number of thiocarbonyl (C=S) groups is 1. The molecule has 0 fully saturated rings. The number of nitrogens with zero attached hydrogens (tertiary/aromatic N) is 1. The highest BCUT2D eigenvalue weighted by atomic mass is 35.5. The van der Waals surface area contributed by atoms with Gasteiger partial charge >= 0.3 is 0 Å². The van der Waals surface area contributed by atoms with Gasteiger partial charge in [0.1, 0.15) is 5.69 Å². The van der Waals surface area contributed by atoms with Crippen molar-refractivity contribution in [1.29, 1.82) is 0 Å². The van der Waals surface area contributed by atoms with E-state index >= 15 is 0 Å². The van der Waals surface area contributed by atoms with Crippen LogP contribution in [0.15, 0.2) is 48.5 Å². The summed E-state index contributed by atoms with van der Waals surface area (Å²) < 4.78 is 0. The molecule has 2 rings (SSSR count). The Labute approximate surface area is 136 Å². The highest BCUT2D eigenvalue weighted by molar-refractivity contribution is 7.80. The monoisotopic (exact) mass is 335 g/mol. The number of nitro groups is 1. The van der Waals surface area contributed by atoms with Crippen LogP contribution in [0.3, 0.4) is 0 Å². The minimum Gasteiger partial charge on any atom is -0.327 e. The molecule has 8 heteroatoms. The fourth-order valence-electron chi connectivity index (χ4n) is 1.70. The predicted molar refractivity (Wildman–Crippen MR) is 88.2 cm³/mol. The summed E-state index contributed by atoms with van der Waals surface area (Å²) in [6.07, 6.45) is 0. The fourth-order valence-corrected chi connectivity index (χ4v) is 2.09. The van der Waals surface area contributed by atoms with E-state index in [2.05, 4.69) is 10.6 Å². The zero-order valence-corrected chi connectivity index (χ0v) is 12.6. The minimum absolute atomic E-state index is 0.0423. The number of benzene rings is 2. The van der Waals surface area contributed by atoms with Crippen LogP contribution in [0.4, 0.5) is 11.4 Å². The van der Waals surface area contributed by atoms with Crippen molar-refractivity contribution in [2.45, 2.75) is 0 Å². The van der Waals surface area contributed by atoms with Crippen molar-refractivity contribution in [3.63, 3.8) is 0 Å². The summed E-state index contributed by atoms with van der Waals surface area (Å²) in [4.78, 5) is 22.4. The van der Waals surface area contributed by atoms with Gasteiger partial charge in [0.2, 0.25) is 0 Å². The highest BCUT2D eigenvalue weighted by Crippen LogP contribution is 2.22. The van der Waals surface area contributed by atoms with Crippen LogP contribution in [0.25, 0.3) is 0 Å². The lowest BCUT2D eigenvalue weighted by Gasteiger charge is -2.09. The van der Waals surface area contributed by atoms with Crippen LogP contribution in [0.2, 0.25) is 5.02 Å². The summed E-state index contributed by atoms with van der Waals surface area (Å²) >= 11 is 10.8. The maximum Gasteiger partial charge on any atom is 0.292 e. The number of hydrogen-bond donors (Lipinski definition) is 2. The number of amides is 1. The number of anilines is 1. The number of carbonyl (C=O) groups excluding carboxylic acids is 1. The zero-order chi connectivity index (χ0) is 16.1. The molecule has 0 unspecified atom stereocenters. The molecule has 0 bridgehead atoms. The summed E-state index contributed by atoms with van der Waals surface area (Å²) in [5.41, 5.74) is 0.393. The molecule has 1 amide bonds. The molecule has 6 nitrogen and oxygen atoms in total. The normalized spacial score (nSPS) is 9.86. The van der Waals surface area contributed by atoms with Gasteiger partial charge in [-0.1, -0.05) is 29.8 Å². The quantitative estimate of drug-likeness (QED) is 0.510. The largest absolute Gasteiger partial charge is 0.327 e. The maximum absolute atomic E-state index is 12.0. The first-order chi connectivity index (χ1) is 10.5. The minimum atomic E-state index is -0.538. The zero-order valence-electron chi connectivity index (χ0n) is 11.1. The second kappa shape index (κ2) is 6.97. The van der Waals surface area contributed by atoms with Crippen LogP contribution in [-0.4, -0.2) is 15.9 Å². The van der Waals surface area contributed by atoms with Gasteiger partial charge < -0.3 is 5.32 Å². The van der Waals surface area contributed by atoms with Gasteiger partial charge in [0.15, 0.2) is 5.11 Å². The Hall–Kier alpha value is -2.51. The molecule has 0 aliphatic heterocycles. The Morgan fingerprint density at radius 1 is 1.18 bits per heavy atom. The molecule has 2 aromatic carbocycles. The van der Waals surface area contributed by atoms with Gasteiger partial charge in [0.05, 0.1) is 4.92 Å². The van der Waals surface area contributed by atoms with Crippen LogP contribution >= 0.6 is 23.8 Å². The van der Waals surface area contributed by atoms with E-state index in [0.717, 1.165) is 0 Å². The third kappa shape index (κ3) is 4.00. The summed E-state index contributed by atoms with van der Waals surface area (Å²) in [5.74, 6) is -0.460. The predicted octanol–water partition coefficient (Wildman–Crippen LogP) is 3.38. The lowest BCUT2D eigenvalue weighted by Crippen LogP contribution is -2.34. The van der Waals surface area contributed by atoms with E-state index in [1.807, 2.05) is 0 Å². The number of rotatable bonds is 3. The Balaban J connectivity index is 2.08. The molecule has 22 heavy (non-hydrogen) atoms. The molecule has 0 aliphatic carbocycles. The molecule has 0 spiro atoms. The van der Waals surface area contributed by atoms with Gasteiger partial charge in [0, 0.05) is 16.7 Å². The summed E-state index contributed by atoms with van der Waals surface area (Å²) in [5, 5.41) is 16.4. The van der Waals surface area contributed by atoms with Crippen LogP contribution in [0.5, 0.6) is 0 Å². The summed E-state index contributed by atoms with van der Waals surface area (Å²) in [6.45, 7) is 0. The van der Waals surface area contributed by atoms with Crippen LogP contribution in [-0.2, 0) is 0 Å². The van der Waals surface area contributed by atoms with Crippen molar-refractivity contribution in [3.8, 4) is 0 Å². The molecule has 0 atom stereocenters. The molecule has 0 aliphatic rings. The lowest BCUT2D eigenvalue weighted by molar-refractivity contribution is -0.383. The molecule has 2 aromatic rings. The van der Waals surface area contributed by atoms with E-state index in [0.29, 0.717) is 10.6 Å². The van der Waals surface area contributed by atoms with Gasteiger partial charge in [-0.2, -0.15) is 0 Å². The van der Waals surface area contributed by atoms with E-state index in [-0.39, 0.29) is 16.5 Å².